The minimum Gasteiger partial charge on any atom is -0.344 e. The van der Waals surface area contributed by atoms with Crippen LogP contribution < -0.4 is 10.6 Å². The summed E-state index contributed by atoms with van der Waals surface area (Å²) >= 11 is 1.41. The number of nitrogens with one attached hydrogen (secondary N) is 2. The van der Waals surface area contributed by atoms with E-state index in [1.54, 1.807) is 23.1 Å². The Kier molecular flexibility index (Phi) is 8.89. The molecule has 2 aromatic carbocycles. The largest absolute Gasteiger partial charge is 0.344 e. The number of aromatic nitrogens is 3. The highest BCUT2D eigenvalue weighted by Crippen LogP contribution is 2.11. The molecule has 0 saturated carbocycles. The number of aryl methyl sites for hydroxylation is 1. The number of benzene rings is 2. The highest BCUT2D eigenvalue weighted by molar-refractivity contribution is 7.09. The smallest absolute Gasteiger partial charge is 0.272 e. The average molecular weight is 530 g/mol. The lowest BCUT2D eigenvalue weighted by atomic mass is 9.97. The van der Waals surface area contributed by atoms with Crippen molar-refractivity contribution in [3.63, 3.8) is 0 Å². The molecule has 4 rings (SSSR count). The maximum Gasteiger partial charge on any atom is 0.272 e. The van der Waals surface area contributed by atoms with E-state index in [0.717, 1.165) is 16.3 Å². The number of amides is 2. The lowest BCUT2D eigenvalue weighted by molar-refractivity contribution is -0.139. The molecule has 10 heteroatoms. The number of carbonyl (C=O) groups excluding carboxylic acids is 4. The van der Waals surface area contributed by atoms with Gasteiger partial charge in [-0.1, -0.05) is 48.5 Å². The molecule has 0 bridgehead atoms. The van der Waals surface area contributed by atoms with Crippen LogP contribution in [-0.2, 0) is 27.2 Å². The highest BCUT2D eigenvalue weighted by atomic mass is 32.1. The highest BCUT2D eigenvalue weighted by Gasteiger charge is 2.29. The van der Waals surface area contributed by atoms with E-state index < -0.39 is 35.5 Å². The first-order valence-corrected chi connectivity index (χ1v) is 13.0. The van der Waals surface area contributed by atoms with E-state index in [4.69, 9.17) is 0 Å². The predicted molar refractivity (Wildman–Crippen MR) is 143 cm³/mol. The summed E-state index contributed by atoms with van der Waals surface area (Å²) in [5.41, 5.74) is 1.73. The van der Waals surface area contributed by atoms with Crippen LogP contribution in [0.5, 0.6) is 0 Å². The lowest BCUT2D eigenvalue weighted by Gasteiger charge is -2.20. The molecule has 0 fully saturated rings. The van der Waals surface area contributed by atoms with Crippen LogP contribution >= 0.6 is 11.3 Å². The number of hydrogen-bond acceptors (Lipinski definition) is 7. The van der Waals surface area contributed by atoms with Crippen LogP contribution in [0.4, 0.5) is 0 Å². The summed E-state index contributed by atoms with van der Waals surface area (Å²) in [7, 11) is 0. The van der Waals surface area contributed by atoms with Gasteiger partial charge in [0.05, 0.1) is 16.7 Å². The van der Waals surface area contributed by atoms with E-state index in [-0.39, 0.29) is 18.5 Å². The van der Waals surface area contributed by atoms with Crippen LogP contribution in [0.1, 0.15) is 34.4 Å². The van der Waals surface area contributed by atoms with E-state index in [2.05, 4.69) is 20.7 Å². The number of thiazole rings is 1. The summed E-state index contributed by atoms with van der Waals surface area (Å²) in [5.74, 6) is -2.38. The second-order valence-electron chi connectivity index (χ2n) is 8.64. The monoisotopic (exact) mass is 529 g/mol. The van der Waals surface area contributed by atoms with Gasteiger partial charge in [0.2, 0.25) is 17.5 Å². The van der Waals surface area contributed by atoms with Gasteiger partial charge in [0.1, 0.15) is 6.04 Å². The molecule has 2 aromatic heterocycles. The van der Waals surface area contributed by atoms with Crippen molar-refractivity contribution < 1.29 is 19.2 Å². The molecule has 2 N–H and O–H groups in total. The van der Waals surface area contributed by atoms with Gasteiger partial charge in [0, 0.05) is 37.0 Å². The molecule has 2 amide bonds. The summed E-state index contributed by atoms with van der Waals surface area (Å²) in [5, 5.41) is 12.1. The second-order valence-corrected chi connectivity index (χ2v) is 9.62. The first kappa shape index (κ1) is 26.6. The van der Waals surface area contributed by atoms with Gasteiger partial charge in [-0.25, -0.2) is 9.67 Å². The van der Waals surface area contributed by atoms with E-state index >= 15 is 0 Å². The number of nitrogens with zero attached hydrogens (tertiary/aromatic N) is 3. The molecule has 0 aliphatic carbocycles. The Labute approximate surface area is 223 Å². The van der Waals surface area contributed by atoms with Gasteiger partial charge in [-0.05, 0) is 30.7 Å². The third kappa shape index (κ3) is 7.07. The summed E-state index contributed by atoms with van der Waals surface area (Å²) in [4.78, 5) is 55.6. The Morgan fingerprint density at radius 1 is 0.947 bits per heavy atom. The van der Waals surface area contributed by atoms with Crippen LogP contribution in [0.15, 0.2) is 84.5 Å². The van der Waals surface area contributed by atoms with Gasteiger partial charge in [0.25, 0.3) is 5.91 Å². The molecule has 194 valence electrons. The fourth-order valence-electron chi connectivity index (χ4n) is 3.78. The predicted octanol–water partition coefficient (Wildman–Crippen LogP) is 2.95. The van der Waals surface area contributed by atoms with Crippen LogP contribution in [-0.4, -0.2) is 50.2 Å². The third-order valence-electron chi connectivity index (χ3n) is 5.82. The number of ketones is 2. The molecule has 2 heterocycles. The minimum absolute atomic E-state index is 0.00384. The van der Waals surface area contributed by atoms with Crippen molar-refractivity contribution in [2.45, 2.75) is 38.3 Å². The quantitative estimate of drug-likeness (QED) is 0.272. The first-order chi connectivity index (χ1) is 18.4. The maximum atomic E-state index is 13.1. The zero-order valence-corrected chi connectivity index (χ0v) is 21.6. The lowest BCUT2D eigenvalue weighted by Crippen LogP contribution is -2.52. The van der Waals surface area contributed by atoms with Gasteiger partial charge >= 0.3 is 0 Å². The Balaban J connectivity index is 1.39. The fraction of sp³-hybridized carbons (Fsp3) is 0.214. The second kappa shape index (κ2) is 12.7. The molecular weight excluding hydrogens is 502 g/mol. The molecule has 0 saturated heterocycles. The number of Topliss-reactive ketones (excluding diaryl/α,β-unsaturated/α-hetero) is 2. The van der Waals surface area contributed by atoms with Crippen molar-refractivity contribution in [2.75, 3.05) is 0 Å². The fourth-order valence-corrected chi connectivity index (χ4v) is 4.40. The van der Waals surface area contributed by atoms with Crippen LogP contribution in [0, 0.1) is 0 Å². The molecule has 0 unspecified atom stereocenters. The number of hydrogen-bond donors (Lipinski definition) is 2. The summed E-state index contributed by atoms with van der Waals surface area (Å²) < 4.78 is 1.56. The molecular formula is C28H27N5O4S. The van der Waals surface area contributed by atoms with Crippen molar-refractivity contribution >= 4 is 34.7 Å². The molecule has 2 atom stereocenters. The maximum absolute atomic E-state index is 13.1. The molecule has 0 spiro atoms. The Morgan fingerprint density at radius 3 is 2.34 bits per heavy atom. The normalized spacial score (nSPS) is 12.3. The Morgan fingerprint density at radius 2 is 1.66 bits per heavy atom. The van der Waals surface area contributed by atoms with Gasteiger partial charge in [-0.2, -0.15) is 5.10 Å². The van der Waals surface area contributed by atoms with E-state index in [1.165, 1.54) is 18.3 Å². The Hall–Kier alpha value is -4.44. The molecule has 0 aliphatic heterocycles. The average Bonchev–Trinajstić information content (AvgIpc) is 3.65. The zero-order valence-electron chi connectivity index (χ0n) is 20.7. The first-order valence-electron chi connectivity index (χ1n) is 12.1. The summed E-state index contributed by atoms with van der Waals surface area (Å²) in [6.45, 7) is 1.51. The van der Waals surface area contributed by atoms with Gasteiger partial charge < -0.3 is 10.6 Å². The molecule has 9 nitrogen and oxygen atoms in total. The summed E-state index contributed by atoms with van der Waals surface area (Å²) in [6.07, 6.45) is 3.81. The number of carbonyl (C=O) groups is 4. The van der Waals surface area contributed by atoms with Crippen molar-refractivity contribution in [1.82, 2.24) is 25.4 Å². The van der Waals surface area contributed by atoms with E-state index in [0.29, 0.717) is 6.42 Å². The van der Waals surface area contributed by atoms with Crippen molar-refractivity contribution in [2.24, 2.45) is 0 Å². The van der Waals surface area contributed by atoms with E-state index in [9.17, 15) is 19.2 Å². The summed E-state index contributed by atoms with van der Waals surface area (Å²) in [6, 6.07) is 17.9. The van der Waals surface area contributed by atoms with Crippen LogP contribution in [0.2, 0.25) is 0 Å². The van der Waals surface area contributed by atoms with Crippen molar-refractivity contribution in [3.8, 4) is 5.69 Å². The minimum atomic E-state index is -1.06. The molecule has 4 aromatic rings. The SMILES string of the molecule is C[C@@H](NC(=O)c1ccn(-c2ccccc2)n1)C(=O)N[C@H](Cc1ccccc1)C(=O)C(=O)CCc1nccs1. The number of para-hydroxylation sites is 1. The van der Waals surface area contributed by atoms with Gasteiger partial charge in [0.15, 0.2) is 5.69 Å². The van der Waals surface area contributed by atoms with Crippen LogP contribution in [0.3, 0.4) is 0 Å². The molecule has 38 heavy (non-hydrogen) atoms. The van der Waals surface area contributed by atoms with Gasteiger partial charge in [-0.3, -0.25) is 19.2 Å². The van der Waals surface area contributed by atoms with Crippen molar-refractivity contribution in [3.05, 3.63) is 101 Å². The van der Waals surface area contributed by atoms with Gasteiger partial charge in [-0.15, -0.1) is 11.3 Å². The van der Waals surface area contributed by atoms with Crippen molar-refractivity contribution in [1.29, 1.82) is 0 Å². The van der Waals surface area contributed by atoms with E-state index in [1.807, 2.05) is 66.0 Å². The topological polar surface area (TPSA) is 123 Å². The Bertz CT molecular complexity index is 1390. The molecule has 0 radical (unpaired) electrons. The zero-order chi connectivity index (χ0) is 26.9. The standard InChI is InChI=1S/C28H27N5O4S/c1-19(30-28(37)22-14-16-33(32-22)21-10-6-3-7-11-21)27(36)31-23(18-20-8-4-2-5-9-20)26(35)24(34)12-13-25-29-15-17-38-25/h2-11,14-17,19,23H,12-13,18H2,1H3,(H,30,37)(H,31,36)/t19-,23-/m1/s1. The van der Waals surface area contributed by atoms with Crippen LogP contribution in [0.25, 0.3) is 5.69 Å². The third-order valence-corrected chi connectivity index (χ3v) is 6.66. The molecule has 0 aliphatic rings. The number of rotatable bonds is 12.